The lowest BCUT2D eigenvalue weighted by Crippen LogP contribution is -2.41. The molecule has 27 heavy (non-hydrogen) atoms. The van der Waals surface area contributed by atoms with Gasteiger partial charge in [-0.1, -0.05) is 11.3 Å². The lowest BCUT2D eigenvalue weighted by atomic mass is 9.96. The number of pyridine rings is 1. The van der Waals surface area contributed by atoms with E-state index in [1.165, 1.54) is 0 Å². The highest BCUT2D eigenvalue weighted by molar-refractivity contribution is 7.21. The number of methoxy groups -OCH3 is 1. The Morgan fingerprint density at radius 2 is 2.15 bits per heavy atom. The molecule has 0 radical (unpaired) electrons. The van der Waals surface area contributed by atoms with Crippen molar-refractivity contribution in [3.05, 3.63) is 29.0 Å². The number of hydrogen-bond acceptors (Lipinski definition) is 7. The molecule has 4 heterocycles. The van der Waals surface area contributed by atoms with Crippen molar-refractivity contribution in [1.82, 2.24) is 15.3 Å². The molecule has 0 atom stereocenters. The normalized spacial score (nSPS) is 15.4. The molecular weight excluding hydrogens is 380 g/mol. The number of anilines is 1. The van der Waals surface area contributed by atoms with E-state index in [1.807, 2.05) is 12.1 Å². The summed E-state index contributed by atoms with van der Waals surface area (Å²) in [4.78, 5) is 25.0. The Kier molecular flexibility index (Phi) is 5.66. The largest absolute Gasteiger partial charge is 0.383 e. The van der Waals surface area contributed by atoms with Gasteiger partial charge in [0.1, 0.15) is 10.3 Å². The number of carbonyl (C=O) groups is 1. The maximum atomic E-state index is 12.2. The van der Waals surface area contributed by atoms with Crippen LogP contribution in [0.25, 0.3) is 21.6 Å². The van der Waals surface area contributed by atoms with Crippen LogP contribution in [0.1, 0.15) is 12.8 Å². The Morgan fingerprint density at radius 1 is 1.30 bits per heavy atom. The molecule has 1 saturated heterocycles. The molecule has 0 bridgehead atoms. The summed E-state index contributed by atoms with van der Waals surface area (Å²) >= 11 is 3.31. The van der Waals surface area contributed by atoms with E-state index in [9.17, 15) is 4.79 Å². The van der Waals surface area contributed by atoms with Gasteiger partial charge in [-0.05, 0) is 36.4 Å². The van der Waals surface area contributed by atoms with E-state index in [2.05, 4.69) is 27.0 Å². The number of ether oxygens (including phenoxy) is 1. The maximum absolute atomic E-state index is 12.2. The molecule has 6 nitrogen and oxygen atoms in total. The minimum atomic E-state index is 0.0794. The van der Waals surface area contributed by atoms with Crippen molar-refractivity contribution < 1.29 is 9.53 Å². The summed E-state index contributed by atoms with van der Waals surface area (Å²) in [7, 11) is 1.64. The first-order valence-electron chi connectivity index (χ1n) is 9.06. The molecular formula is C19H22N4O2S2. The third kappa shape index (κ3) is 4.12. The van der Waals surface area contributed by atoms with Gasteiger partial charge in [0.2, 0.25) is 5.91 Å². The van der Waals surface area contributed by atoms with Crippen LogP contribution in [-0.2, 0) is 9.53 Å². The highest BCUT2D eigenvalue weighted by Crippen LogP contribution is 2.32. The van der Waals surface area contributed by atoms with E-state index >= 15 is 0 Å². The van der Waals surface area contributed by atoms with Gasteiger partial charge in [-0.25, -0.2) is 9.97 Å². The molecule has 1 aliphatic rings. The number of thiazole rings is 1. The van der Waals surface area contributed by atoms with E-state index in [-0.39, 0.29) is 11.8 Å². The molecule has 8 heteroatoms. The summed E-state index contributed by atoms with van der Waals surface area (Å²) < 4.78 is 4.98. The van der Waals surface area contributed by atoms with Crippen LogP contribution < -0.4 is 10.2 Å². The second-order valence-corrected chi connectivity index (χ2v) is 8.31. The fourth-order valence-electron chi connectivity index (χ4n) is 3.27. The number of aromatic nitrogens is 2. The van der Waals surface area contributed by atoms with Crippen molar-refractivity contribution in [3.8, 4) is 11.3 Å². The third-order valence-electron chi connectivity index (χ3n) is 4.80. The Balaban J connectivity index is 1.41. The number of rotatable bonds is 6. The van der Waals surface area contributed by atoms with Gasteiger partial charge in [0.15, 0.2) is 5.13 Å². The van der Waals surface area contributed by atoms with Crippen LogP contribution in [0.4, 0.5) is 5.13 Å². The van der Waals surface area contributed by atoms with Crippen molar-refractivity contribution >= 4 is 44.1 Å². The summed E-state index contributed by atoms with van der Waals surface area (Å²) in [5.74, 6) is 0.217. The lowest BCUT2D eigenvalue weighted by molar-refractivity contribution is -0.125. The maximum Gasteiger partial charge on any atom is 0.223 e. The zero-order valence-electron chi connectivity index (χ0n) is 15.2. The topological polar surface area (TPSA) is 67.3 Å². The number of piperidine rings is 1. The smallest absolute Gasteiger partial charge is 0.223 e. The molecule has 1 amide bonds. The summed E-state index contributed by atoms with van der Waals surface area (Å²) in [5, 5.41) is 8.12. The molecule has 3 aromatic rings. The first-order chi connectivity index (χ1) is 13.2. The summed E-state index contributed by atoms with van der Waals surface area (Å²) in [6, 6.07) is 6.17. The summed E-state index contributed by atoms with van der Waals surface area (Å²) in [6.45, 7) is 2.82. The average molecular weight is 403 g/mol. The molecule has 0 saturated carbocycles. The molecule has 0 aromatic carbocycles. The number of nitrogens with zero attached hydrogens (tertiary/aromatic N) is 3. The van der Waals surface area contributed by atoms with E-state index in [0.717, 1.165) is 52.7 Å². The molecule has 1 N–H and O–H groups in total. The first-order valence-corrected chi connectivity index (χ1v) is 10.8. The van der Waals surface area contributed by atoms with Crippen molar-refractivity contribution in [3.63, 3.8) is 0 Å². The van der Waals surface area contributed by atoms with Gasteiger partial charge < -0.3 is 15.0 Å². The third-order valence-corrected chi connectivity index (χ3v) is 6.51. The number of amides is 1. The van der Waals surface area contributed by atoms with E-state index < -0.39 is 0 Å². The highest BCUT2D eigenvalue weighted by atomic mass is 32.1. The zero-order valence-corrected chi connectivity index (χ0v) is 16.8. The van der Waals surface area contributed by atoms with E-state index in [0.29, 0.717) is 13.2 Å². The van der Waals surface area contributed by atoms with Crippen LogP contribution >= 0.6 is 22.7 Å². The van der Waals surface area contributed by atoms with Crippen LogP contribution in [0.15, 0.2) is 29.0 Å². The molecule has 0 aliphatic carbocycles. The molecule has 0 unspecified atom stereocenters. The Bertz CT molecular complexity index is 902. The minimum Gasteiger partial charge on any atom is -0.383 e. The van der Waals surface area contributed by atoms with Gasteiger partial charge in [-0.15, -0.1) is 0 Å². The minimum absolute atomic E-state index is 0.0794. The molecule has 1 fully saturated rings. The Morgan fingerprint density at radius 3 is 2.89 bits per heavy atom. The fraction of sp³-hybridized carbons (Fsp3) is 0.421. The molecule has 3 aromatic heterocycles. The molecule has 4 rings (SSSR count). The average Bonchev–Trinajstić information content (AvgIpc) is 3.37. The SMILES string of the molecule is COCCNC(=O)C1CCN(c2nc3ccc(-c4ccsc4)nc3s2)CC1. The zero-order chi connectivity index (χ0) is 18.6. The predicted octanol–water partition coefficient (Wildman–Crippen LogP) is 3.40. The van der Waals surface area contributed by atoms with E-state index in [1.54, 1.807) is 29.8 Å². The molecule has 0 spiro atoms. The van der Waals surface area contributed by atoms with Gasteiger partial charge in [0, 0.05) is 43.6 Å². The number of thiophene rings is 1. The van der Waals surface area contributed by atoms with Crippen LogP contribution in [0.2, 0.25) is 0 Å². The van der Waals surface area contributed by atoms with Gasteiger partial charge in [-0.2, -0.15) is 11.3 Å². The number of nitrogens with one attached hydrogen (secondary N) is 1. The number of carbonyl (C=O) groups excluding carboxylic acids is 1. The van der Waals surface area contributed by atoms with Crippen molar-refractivity contribution in [2.75, 3.05) is 38.3 Å². The monoisotopic (exact) mass is 402 g/mol. The van der Waals surface area contributed by atoms with Crippen LogP contribution in [0.5, 0.6) is 0 Å². The Hall–Kier alpha value is -2.03. The lowest BCUT2D eigenvalue weighted by Gasteiger charge is -2.30. The molecule has 1 aliphatic heterocycles. The number of hydrogen-bond donors (Lipinski definition) is 1. The van der Waals surface area contributed by atoms with Gasteiger partial charge >= 0.3 is 0 Å². The Labute approximate surface area is 166 Å². The molecule has 142 valence electrons. The van der Waals surface area contributed by atoms with Crippen molar-refractivity contribution in [2.24, 2.45) is 5.92 Å². The second-order valence-electron chi connectivity index (χ2n) is 6.57. The summed E-state index contributed by atoms with van der Waals surface area (Å²) in [6.07, 6.45) is 1.70. The first kappa shape index (κ1) is 18.3. The van der Waals surface area contributed by atoms with E-state index in [4.69, 9.17) is 14.7 Å². The second kappa shape index (κ2) is 8.33. The number of fused-ring (bicyclic) bond motifs is 1. The fourth-order valence-corrected chi connectivity index (χ4v) is 4.91. The summed E-state index contributed by atoms with van der Waals surface area (Å²) in [5.41, 5.74) is 3.08. The van der Waals surface area contributed by atoms with Gasteiger partial charge in [-0.3, -0.25) is 4.79 Å². The van der Waals surface area contributed by atoms with Crippen LogP contribution in [0, 0.1) is 5.92 Å². The standard InChI is InChI=1S/C19H22N4O2S2/c1-25-10-7-20-17(24)13-4-8-23(9-5-13)19-22-16-3-2-15(21-18(16)27-19)14-6-11-26-12-14/h2-3,6,11-13H,4-5,7-10H2,1H3,(H,20,24). The van der Waals surface area contributed by atoms with Crippen LogP contribution in [0.3, 0.4) is 0 Å². The quantitative estimate of drug-likeness (QED) is 0.640. The van der Waals surface area contributed by atoms with Crippen molar-refractivity contribution in [1.29, 1.82) is 0 Å². The highest BCUT2D eigenvalue weighted by Gasteiger charge is 2.26. The van der Waals surface area contributed by atoms with Crippen molar-refractivity contribution in [2.45, 2.75) is 12.8 Å². The van der Waals surface area contributed by atoms with Crippen LogP contribution in [-0.4, -0.2) is 49.2 Å². The predicted molar refractivity (Wildman–Crippen MR) is 111 cm³/mol. The van der Waals surface area contributed by atoms with Gasteiger partial charge in [0.05, 0.1) is 12.3 Å². The van der Waals surface area contributed by atoms with Gasteiger partial charge in [0.25, 0.3) is 0 Å².